The van der Waals surface area contributed by atoms with E-state index in [1.54, 1.807) is 35.9 Å². The van der Waals surface area contributed by atoms with Gasteiger partial charge >= 0.3 is 0 Å². The van der Waals surface area contributed by atoms with E-state index < -0.39 is 17.2 Å². The lowest BCUT2D eigenvalue weighted by Crippen LogP contribution is -2.24. The average Bonchev–Trinajstić information content (AvgIpc) is 3.59. The molecule has 9 heteroatoms. The topological polar surface area (TPSA) is 106 Å². The van der Waals surface area contributed by atoms with Crippen LogP contribution >= 0.6 is 0 Å². The molecule has 0 spiro atoms. The summed E-state index contributed by atoms with van der Waals surface area (Å²) in [6.45, 7) is 6.04. The van der Waals surface area contributed by atoms with Crippen molar-refractivity contribution in [2.24, 2.45) is 0 Å². The van der Waals surface area contributed by atoms with Crippen LogP contribution in [0.15, 0.2) is 76.2 Å². The van der Waals surface area contributed by atoms with Gasteiger partial charge in [-0.3, -0.25) is 14.7 Å². The van der Waals surface area contributed by atoms with Crippen LogP contribution in [0, 0.1) is 19.7 Å². The highest BCUT2D eigenvalue weighted by molar-refractivity contribution is 6.06. The van der Waals surface area contributed by atoms with Gasteiger partial charge < -0.3 is 14.3 Å². The van der Waals surface area contributed by atoms with Crippen molar-refractivity contribution in [3.05, 3.63) is 99.7 Å². The Bertz CT molecular complexity index is 1950. The summed E-state index contributed by atoms with van der Waals surface area (Å²) in [6, 6.07) is 15.7. The Morgan fingerprint density at radius 2 is 1.90 bits per heavy atom. The van der Waals surface area contributed by atoms with Gasteiger partial charge in [-0.05, 0) is 62.2 Å². The number of para-hydroxylation sites is 1. The maximum atomic E-state index is 14.2. The van der Waals surface area contributed by atoms with Gasteiger partial charge in [-0.2, -0.15) is 5.10 Å². The van der Waals surface area contributed by atoms with Crippen LogP contribution < -0.4 is 10.7 Å². The molecule has 1 amide bonds. The maximum absolute atomic E-state index is 14.2. The van der Waals surface area contributed by atoms with Crippen molar-refractivity contribution in [2.45, 2.75) is 27.3 Å². The van der Waals surface area contributed by atoms with E-state index in [-0.39, 0.29) is 10.9 Å². The number of halogens is 1. The summed E-state index contributed by atoms with van der Waals surface area (Å²) in [5.74, 6) is -0.598. The molecule has 3 aromatic heterocycles. The molecular weight excluding hydrogens is 497 g/mol. The van der Waals surface area contributed by atoms with E-state index in [1.807, 2.05) is 44.2 Å². The van der Waals surface area contributed by atoms with Gasteiger partial charge in [0.25, 0.3) is 5.91 Å². The number of nitrogens with one attached hydrogen (secondary N) is 2. The molecule has 8 nitrogen and oxygen atoms in total. The summed E-state index contributed by atoms with van der Waals surface area (Å²) < 4.78 is 22.0. The first-order valence-corrected chi connectivity index (χ1v) is 12.5. The van der Waals surface area contributed by atoms with Crippen LogP contribution in [0.25, 0.3) is 44.7 Å². The summed E-state index contributed by atoms with van der Waals surface area (Å²) in [4.78, 5) is 30.8. The minimum Gasteiger partial charge on any atom is -0.436 e. The fourth-order valence-electron chi connectivity index (χ4n) is 4.73. The zero-order chi connectivity index (χ0) is 27.3. The van der Waals surface area contributed by atoms with Crippen LogP contribution in [0.5, 0.6) is 0 Å². The summed E-state index contributed by atoms with van der Waals surface area (Å²) in [5.41, 5.74) is 5.71. The van der Waals surface area contributed by atoms with E-state index in [1.165, 1.54) is 12.3 Å². The second kappa shape index (κ2) is 9.36. The molecule has 0 bridgehead atoms. The van der Waals surface area contributed by atoms with Gasteiger partial charge in [0.15, 0.2) is 5.58 Å². The van der Waals surface area contributed by atoms with Crippen molar-refractivity contribution < 1.29 is 13.6 Å². The average molecular weight is 522 g/mol. The smallest absolute Gasteiger partial charge is 0.261 e. The Balaban J connectivity index is 1.29. The second-order valence-electron chi connectivity index (χ2n) is 9.41. The number of oxazole rings is 1. The van der Waals surface area contributed by atoms with Gasteiger partial charge in [0, 0.05) is 29.4 Å². The summed E-state index contributed by atoms with van der Waals surface area (Å²) in [5, 5.41) is 10.1. The van der Waals surface area contributed by atoms with Crippen LogP contribution in [-0.2, 0) is 6.54 Å². The van der Waals surface area contributed by atoms with Crippen LogP contribution in [-0.4, -0.2) is 25.7 Å². The van der Waals surface area contributed by atoms with Crippen molar-refractivity contribution in [1.82, 2.24) is 19.7 Å². The van der Waals surface area contributed by atoms with E-state index in [0.29, 0.717) is 40.3 Å². The number of hydrogen-bond donors (Lipinski definition) is 2. The number of benzene rings is 3. The molecule has 3 heterocycles. The predicted octanol–water partition coefficient (Wildman–Crippen LogP) is 6.23. The van der Waals surface area contributed by atoms with Crippen molar-refractivity contribution in [3.63, 3.8) is 0 Å². The van der Waals surface area contributed by atoms with Gasteiger partial charge in [-0.15, -0.1) is 0 Å². The van der Waals surface area contributed by atoms with E-state index in [4.69, 9.17) is 4.42 Å². The number of aromatic nitrogens is 4. The highest BCUT2D eigenvalue weighted by Gasteiger charge is 2.19. The molecule has 0 saturated heterocycles. The van der Waals surface area contributed by atoms with Gasteiger partial charge in [0.2, 0.25) is 11.3 Å². The molecule has 0 unspecified atom stereocenters. The number of nitrogens with zero attached hydrogens (tertiary/aromatic N) is 3. The molecule has 0 radical (unpaired) electrons. The number of aromatic amines is 1. The van der Waals surface area contributed by atoms with Crippen LogP contribution in [0.1, 0.15) is 28.4 Å². The van der Waals surface area contributed by atoms with Gasteiger partial charge in [-0.1, -0.05) is 24.3 Å². The molecule has 0 aliphatic rings. The molecule has 0 fully saturated rings. The monoisotopic (exact) mass is 521 g/mol. The number of anilines is 1. The normalized spacial score (nSPS) is 11.4. The first kappa shape index (κ1) is 24.3. The van der Waals surface area contributed by atoms with Crippen LogP contribution in [0.3, 0.4) is 0 Å². The molecule has 0 aliphatic heterocycles. The Labute approximate surface area is 222 Å². The number of rotatable bonds is 5. The molecular formula is C30H24FN5O3. The van der Waals surface area contributed by atoms with Crippen LogP contribution in [0.2, 0.25) is 0 Å². The third kappa shape index (κ3) is 4.17. The van der Waals surface area contributed by atoms with Gasteiger partial charge in [0.05, 0.1) is 23.0 Å². The second-order valence-corrected chi connectivity index (χ2v) is 9.41. The Morgan fingerprint density at radius 1 is 1.10 bits per heavy atom. The fourth-order valence-corrected chi connectivity index (χ4v) is 4.73. The molecule has 3 aromatic carbocycles. The number of fused-ring (bicyclic) bond motifs is 2. The Morgan fingerprint density at radius 3 is 2.64 bits per heavy atom. The summed E-state index contributed by atoms with van der Waals surface area (Å²) in [7, 11) is 0. The van der Waals surface area contributed by atoms with Crippen molar-refractivity contribution in [1.29, 1.82) is 0 Å². The molecule has 0 aliphatic carbocycles. The fraction of sp³-hybridized carbons (Fsp3) is 0.133. The Hall–Kier alpha value is -5.05. The number of pyridine rings is 1. The highest BCUT2D eigenvalue weighted by atomic mass is 19.1. The summed E-state index contributed by atoms with van der Waals surface area (Å²) >= 11 is 0. The Kier molecular flexibility index (Phi) is 5.83. The zero-order valence-electron chi connectivity index (χ0n) is 21.5. The SMILES string of the molecule is CCn1cc(C(=O)Nc2ccc(-c3[nH]ncc3-c3nc4c(C)cccc4o3)cc2)c(=O)c2cc(F)c(C)cc21. The first-order valence-electron chi connectivity index (χ1n) is 12.5. The van der Waals surface area contributed by atoms with E-state index in [0.717, 1.165) is 22.3 Å². The van der Waals surface area contributed by atoms with Crippen molar-refractivity contribution in [3.8, 4) is 22.7 Å². The number of carbonyl (C=O) groups excluding carboxylic acids is 1. The van der Waals surface area contributed by atoms with Crippen LogP contribution in [0.4, 0.5) is 10.1 Å². The maximum Gasteiger partial charge on any atom is 0.261 e. The molecule has 6 aromatic rings. The quantitative estimate of drug-likeness (QED) is 0.280. The zero-order valence-corrected chi connectivity index (χ0v) is 21.5. The minimum atomic E-state index is -0.568. The molecule has 2 N–H and O–H groups in total. The van der Waals surface area contributed by atoms with E-state index in [9.17, 15) is 14.0 Å². The lowest BCUT2D eigenvalue weighted by atomic mass is 10.1. The molecule has 0 atom stereocenters. The lowest BCUT2D eigenvalue weighted by molar-refractivity contribution is 0.102. The number of H-pyrrole nitrogens is 1. The molecule has 39 heavy (non-hydrogen) atoms. The number of amides is 1. The largest absolute Gasteiger partial charge is 0.436 e. The van der Waals surface area contributed by atoms with E-state index in [2.05, 4.69) is 20.5 Å². The third-order valence-electron chi connectivity index (χ3n) is 6.87. The summed E-state index contributed by atoms with van der Waals surface area (Å²) in [6.07, 6.45) is 3.18. The number of carbonyl (C=O) groups is 1. The standard InChI is InChI=1S/C30H24FN5O3/c1-4-36-15-22(28(37)20-13-23(31)17(3)12-24(20)36)29(38)33-19-10-8-18(9-11-19)27-21(14-32-35-27)30-34-26-16(2)6-5-7-25(26)39-30/h5-15H,4H2,1-3H3,(H,32,35)(H,33,38). The predicted molar refractivity (Wildman–Crippen MR) is 148 cm³/mol. The molecule has 194 valence electrons. The number of hydrogen-bond acceptors (Lipinski definition) is 5. The van der Waals surface area contributed by atoms with Crippen molar-refractivity contribution in [2.75, 3.05) is 5.32 Å². The molecule has 6 rings (SSSR count). The molecule has 0 saturated carbocycles. The van der Waals surface area contributed by atoms with Crippen molar-refractivity contribution >= 4 is 33.6 Å². The number of aryl methyl sites for hydroxylation is 3. The van der Waals surface area contributed by atoms with Gasteiger partial charge in [0.1, 0.15) is 16.9 Å². The first-order chi connectivity index (χ1) is 18.8. The third-order valence-corrected chi connectivity index (χ3v) is 6.87. The highest BCUT2D eigenvalue weighted by Crippen LogP contribution is 2.33. The van der Waals surface area contributed by atoms with Gasteiger partial charge in [-0.25, -0.2) is 9.37 Å². The minimum absolute atomic E-state index is 0.0567. The van der Waals surface area contributed by atoms with E-state index >= 15 is 0 Å². The lowest BCUT2D eigenvalue weighted by Gasteiger charge is -2.13.